The summed E-state index contributed by atoms with van der Waals surface area (Å²) in [5.74, 6) is -1.05. The van der Waals surface area contributed by atoms with Gasteiger partial charge in [0.15, 0.2) is 6.61 Å². The van der Waals surface area contributed by atoms with Crippen molar-refractivity contribution < 1.29 is 22.7 Å². The zero-order valence-corrected chi connectivity index (χ0v) is 15.2. The lowest BCUT2D eigenvalue weighted by Gasteiger charge is -2.09. The van der Waals surface area contributed by atoms with E-state index >= 15 is 0 Å². The Morgan fingerprint density at radius 2 is 1.83 bits per heavy atom. The maximum atomic E-state index is 12.0. The van der Waals surface area contributed by atoms with Gasteiger partial charge >= 0.3 is 5.97 Å². The Bertz CT molecular complexity index is 644. The van der Waals surface area contributed by atoms with Crippen molar-refractivity contribution in [2.45, 2.75) is 31.2 Å². The van der Waals surface area contributed by atoms with Gasteiger partial charge in [-0.15, -0.1) is 0 Å². The van der Waals surface area contributed by atoms with Crippen molar-refractivity contribution in [3.63, 3.8) is 0 Å². The molecule has 23 heavy (non-hydrogen) atoms. The Kier molecular flexibility index (Phi) is 7.66. The lowest BCUT2D eigenvalue weighted by Crippen LogP contribution is -2.34. The van der Waals surface area contributed by atoms with Crippen LogP contribution in [-0.4, -0.2) is 39.5 Å². The molecule has 0 aliphatic carbocycles. The highest BCUT2D eigenvalue weighted by molar-refractivity contribution is 9.10. The number of halogens is 1. The number of hydrogen-bond donors (Lipinski definition) is 2. The number of ether oxygens (including phenoxy) is 1. The predicted octanol–water partition coefficient (Wildman–Crippen LogP) is 1.19. The molecule has 0 fully saturated rings. The number of sulfonamides is 1. The van der Waals surface area contributed by atoms with E-state index in [4.69, 9.17) is 4.74 Å². The number of carbonyl (C=O) groups excluding carboxylic acids is 2. The number of carbonyl (C=O) groups is 2. The van der Waals surface area contributed by atoms with Crippen LogP contribution < -0.4 is 10.0 Å². The lowest BCUT2D eigenvalue weighted by molar-refractivity contribution is -0.148. The average Bonchev–Trinajstić information content (AvgIpc) is 2.44. The molecule has 0 saturated carbocycles. The van der Waals surface area contributed by atoms with Gasteiger partial charge in [-0.1, -0.05) is 15.9 Å². The Balaban J connectivity index is 2.36. The highest BCUT2D eigenvalue weighted by Gasteiger charge is 2.15. The normalized spacial score (nSPS) is 11.3. The Morgan fingerprint density at radius 3 is 2.39 bits per heavy atom. The Morgan fingerprint density at radius 1 is 1.22 bits per heavy atom. The molecule has 128 valence electrons. The number of hydrogen-bond acceptors (Lipinski definition) is 5. The third-order valence-electron chi connectivity index (χ3n) is 2.56. The van der Waals surface area contributed by atoms with Gasteiger partial charge in [0.05, 0.1) is 11.3 Å². The van der Waals surface area contributed by atoms with Crippen molar-refractivity contribution in [1.29, 1.82) is 0 Å². The molecule has 1 rings (SSSR count). The van der Waals surface area contributed by atoms with Crippen LogP contribution >= 0.6 is 15.9 Å². The number of esters is 1. The van der Waals surface area contributed by atoms with Crippen LogP contribution in [0.15, 0.2) is 33.6 Å². The smallest absolute Gasteiger partial charge is 0.307 e. The van der Waals surface area contributed by atoms with Crippen LogP contribution in [-0.2, 0) is 24.3 Å². The fraction of sp³-hybridized carbons (Fsp3) is 0.429. The highest BCUT2D eigenvalue weighted by atomic mass is 79.9. The van der Waals surface area contributed by atoms with Gasteiger partial charge in [0.2, 0.25) is 10.0 Å². The van der Waals surface area contributed by atoms with Crippen LogP contribution in [0.3, 0.4) is 0 Å². The number of nitrogens with one attached hydrogen (secondary N) is 2. The molecular weight excluding hydrogens is 388 g/mol. The van der Waals surface area contributed by atoms with Crippen LogP contribution in [0.5, 0.6) is 0 Å². The summed E-state index contributed by atoms with van der Waals surface area (Å²) in [6.45, 7) is 3.09. The maximum absolute atomic E-state index is 12.0. The van der Waals surface area contributed by atoms with Crippen molar-refractivity contribution in [1.82, 2.24) is 10.0 Å². The molecule has 9 heteroatoms. The first-order chi connectivity index (χ1) is 10.7. The second-order valence-electron chi connectivity index (χ2n) is 4.98. The SMILES string of the molecule is CC(C)NC(=O)COC(=O)CCNS(=O)(=O)c1ccc(Br)cc1. The van der Waals surface area contributed by atoms with Gasteiger partial charge in [-0.3, -0.25) is 9.59 Å². The van der Waals surface area contributed by atoms with E-state index < -0.39 is 21.9 Å². The molecule has 1 aromatic rings. The monoisotopic (exact) mass is 406 g/mol. The first-order valence-electron chi connectivity index (χ1n) is 6.91. The zero-order valence-electron chi connectivity index (χ0n) is 12.8. The summed E-state index contributed by atoms with van der Waals surface area (Å²) in [7, 11) is -3.68. The molecule has 0 atom stereocenters. The molecule has 1 amide bonds. The molecule has 0 aliphatic heterocycles. The summed E-state index contributed by atoms with van der Waals surface area (Å²) in [4.78, 5) is 22.9. The maximum Gasteiger partial charge on any atom is 0.307 e. The first kappa shape index (κ1) is 19.6. The molecule has 0 heterocycles. The topological polar surface area (TPSA) is 102 Å². The second kappa shape index (κ2) is 8.99. The minimum atomic E-state index is -3.68. The average molecular weight is 407 g/mol. The van der Waals surface area contributed by atoms with Crippen LogP contribution in [0, 0.1) is 0 Å². The summed E-state index contributed by atoms with van der Waals surface area (Å²) in [5, 5.41) is 2.57. The van der Waals surface area contributed by atoms with Gasteiger partial charge in [0.1, 0.15) is 0 Å². The number of benzene rings is 1. The largest absolute Gasteiger partial charge is 0.456 e. The van der Waals surface area contributed by atoms with E-state index in [2.05, 4.69) is 26.0 Å². The molecule has 7 nitrogen and oxygen atoms in total. The van der Waals surface area contributed by atoms with E-state index in [-0.39, 0.29) is 30.5 Å². The van der Waals surface area contributed by atoms with E-state index in [1.165, 1.54) is 12.1 Å². The van der Waals surface area contributed by atoms with E-state index in [1.54, 1.807) is 26.0 Å². The second-order valence-corrected chi connectivity index (χ2v) is 7.67. The molecule has 0 unspecified atom stereocenters. The molecule has 0 bridgehead atoms. The van der Waals surface area contributed by atoms with Crippen LogP contribution in [0.25, 0.3) is 0 Å². The van der Waals surface area contributed by atoms with Crippen molar-refractivity contribution in [3.8, 4) is 0 Å². The van der Waals surface area contributed by atoms with Gasteiger partial charge in [-0.05, 0) is 38.1 Å². The minimum Gasteiger partial charge on any atom is -0.456 e. The van der Waals surface area contributed by atoms with Crippen molar-refractivity contribution in [3.05, 3.63) is 28.7 Å². The fourth-order valence-electron chi connectivity index (χ4n) is 1.57. The standard InChI is InChI=1S/C14H19BrN2O5S/c1-10(2)17-13(18)9-22-14(19)7-8-16-23(20,21)12-5-3-11(15)4-6-12/h3-6,10,16H,7-9H2,1-2H3,(H,17,18). The Labute approximate surface area is 144 Å². The van der Waals surface area contributed by atoms with Gasteiger partial charge < -0.3 is 10.1 Å². The van der Waals surface area contributed by atoms with Gasteiger partial charge in [0.25, 0.3) is 5.91 Å². The van der Waals surface area contributed by atoms with E-state index in [0.717, 1.165) is 4.47 Å². The van der Waals surface area contributed by atoms with Crippen LogP contribution in [0.2, 0.25) is 0 Å². The summed E-state index contributed by atoms with van der Waals surface area (Å²) >= 11 is 3.22. The zero-order chi connectivity index (χ0) is 17.5. The third-order valence-corrected chi connectivity index (χ3v) is 4.56. The molecule has 0 aliphatic rings. The van der Waals surface area contributed by atoms with Gasteiger partial charge in [-0.2, -0.15) is 0 Å². The summed E-state index contributed by atoms with van der Waals surface area (Å²) in [5.41, 5.74) is 0. The van der Waals surface area contributed by atoms with Crippen molar-refractivity contribution in [2.75, 3.05) is 13.2 Å². The highest BCUT2D eigenvalue weighted by Crippen LogP contribution is 2.14. The van der Waals surface area contributed by atoms with Crippen molar-refractivity contribution in [2.24, 2.45) is 0 Å². The summed E-state index contributed by atoms with van der Waals surface area (Å²) in [6, 6.07) is 6.06. The van der Waals surface area contributed by atoms with Gasteiger partial charge in [0, 0.05) is 17.1 Å². The van der Waals surface area contributed by atoms with E-state index in [1.807, 2.05) is 0 Å². The molecule has 0 saturated heterocycles. The Hall–Kier alpha value is -1.45. The lowest BCUT2D eigenvalue weighted by atomic mass is 10.4. The number of rotatable bonds is 8. The van der Waals surface area contributed by atoms with E-state index in [9.17, 15) is 18.0 Å². The molecule has 0 spiro atoms. The fourth-order valence-corrected chi connectivity index (χ4v) is 2.86. The third kappa shape index (κ3) is 7.58. The number of amides is 1. The van der Waals surface area contributed by atoms with Crippen molar-refractivity contribution >= 4 is 37.8 Å². The molecular formula is C14H19BrN2O5S. The molecule has 2 N–H and O–H groups in total. The van der Waals surface area contributed by atoms with Crippen LogP contribution in [0.1, 0.15) is 20.3 Å². The predicted molar refractivity (Wildman–Crippen MR) is 88.2 cm³/mol. The summed E-state index contributed by atoms with van der Waals surface area (Å²) in [6.07, 6.45) is -0.162. The minimum absolute atomic E-state index is 0.0427. The molecule has 0 aromatic heterocycles. The van der Waals surface area contributed by atoms with Gasteiger partial charge in [-0.25, -0.2) is 13.1 Å². The quantitative estimate of drug-likeness (QED) is 0.631. The molecule has 0 radical (unpaired) electrons. The summed E-state index contributed by atoms with van der Waals surface area (Å²) < 4.78 is 31.8. The molecule has 1 aromatic carbocycles. The first-order valence-corrected chi connectivity index (χ1v) is 9.18. The van der Waals surface area contributed by atoms with E-state index in [0.29, 0.717) is 0 Å². The van der Waals surface area contributed by atoms with Crippen LogP contribution in [0.4, 0.5) is 0 Å².